The fourth-order valence-corrected chi connectivity index (χ4v) is 4.52. The summed E-state index contributed by atoms with van der Waals surface area (Å²) in [6, 6.07) is 21.6. The van der Waals surface area contributed by atoms with E-state index in [-0.39, 0.29) is 12.6 Å². The average molecular weight is 533 g/mol. The predicted molar refractivity (Wildman–Crippen MR) is 149 cm³/mol. The van der Waals surface area contributed by atoms with Crippen LogP contribution in [0.1, 0.15) is 37.4 Å². The number of halogens is 1. The molecule has 0 saturated heterocycles. The summed E-state index contributed by atoms with van der Waals surface area (Å²) in [4.78, 5) is 40.9. The Morgan fingerprint density at radius 3 is 2.29 bits per heavy atom. The van der Waals surface area contributed by atoms with E-state index in [4.69, 9.17) is 16.3 Å². The molecule has 3 N–H and O–H groups in total. The zero-order valence-corrected chi connectivity index (χ0v) is 21.9. The highest BCUT2D eigenvalue weighted by Gasteiger charge is 2.38. The standard InChI is InChI=1S/C29H29ClN4O4/c1-3-16-34-26(19-10-6-5-7-11-19)24(27(35)38-4-2)25(33-29(34)37)20-12-8-14-22(17-20)31-28(36)32-23-15-9-13-21(30)18-23/h5-15,17-18,25H,3-4,16H2,1-2H3,(H,33,37)(H2,31,32,36). The number of hydrogen-bond donors (Lipinski definition) is 3. The lowest BCUT2D eigenvalue weighted by Crippen LogP contribution is -2.48. The summed E-state index contributed by atoms with van der Waals surface area (Å²) < 4.78 is 5.45. The van der Waals surface area contributed by atoms with Gasteiger partial charge in [-0.3, -0.25) is 4.90 Å². The molecule has 3 aromatic rings. The van der Waals surface area contributed by atoms with E-state index in [0.717, 1.165) is 5.56 Å². The van der Waals surface area contributed by atoms with Gasteiger partial charge in [-0.2, -0.15) is 0 Å². The predicted octanol–water partition coefficient (Wildman–Crippen LogP) is 6.43. The van der Waals surface area contributed by atoms with Crippen molar-refractivity contribution >= 4 is 46.7 Å². The van der Waals surface area contributed by atoms with Crippen LogP contribution in [0.4, 0.5) is 21.0 Å². The summed E-state index contributed by atoms with van der Waals surface area (Å²) in [5, 5.41) is 9.00. The van der Waals surface area contributed by atoms with E-state index in [1.807, 2.05) is 37.3 Å². The van der Waals surface area contributed by atoms with Crippen LogP contribution in [-0.2, 0) is 9.53 Å². The molecule has 0 radical (unpaired) electrons. The summed E-state index contributed by atoms with van der Waals surface area (Å²) in [6.45, 7) is 4.32. The lowest BCUT2D eigenvalue weighted by atomic mass is 9.91. The molecule has 0 saturated carbocycles. The van der Waals surface area contributed by atoms with Gasteiger partial charge in [0.1, 0.15) is 0 Å². The number of rotatable bonds is 8. The van der Waals surface area contributed by atoms with Gasteiger partial charge in [0.05, 0.1) is 23.9 Å². The summed E-state index contributed by atoms with van der Waals surface area (Å²) >= 11 is 6.00. The van der Waals surface area contributed by atoms with Crippen molar-refractivity contribution in [3.8, 4) is 0 Å². The van der Waals surface area contributed by atoms with Crippen molar-refractivity contribution < 1.29 is 19.1 Å². The molecular weight excluding hydrogens is 504 g/mol. The van der Waals surface area contributed by atoms with Crippen molar-refractivity contribution in [2.45, 2.75) is 26.3 Å². The number of nitrogens with zero attached hydrogens (tertiary/aromatic N) is 1. The summed E-state index contributed by atoms with van der Waals surface area (Å²) in [6.07, 6.45) is 0.700. The van der Waals surface area contributed by atoms with Crippen LogP contribution in [0, 0.1) is 0 Å². The lowest BCUT2D eigenvalue weighted by molar-refractivity contribution is -0.138. The zero-order valence-electron chi connectivity index (χ0n) is 21.2. The van der Waals surface area contributed by atoms with Gasteiger partial charge in [-0.05, 0) is 54.8 Å². The molecule has 0 bridgehead atoms. The van der Waals surface area contributed by atoms with Crippen LogP contribution in [0.15, 0.2) is 84.4 Å². The molecule has 1 unspecified atom stereocenters. The number of carbonyl (C=O) groups excluding carboxylic acids is 3. The Balaban J connectivity index is 1.72. The number of ether oxygens (including phenoxy) is 1. The van der Waals surface area contributed by atoms with Crippen LogP contribution >= 0.6 is 11.6 Å². The Morgan fingerprint density at radius 1 is 0.947 bits per heavy atom. The Labute approximate surface area is 226 Å². The molecule has 4 amide bonds. The normalized spacial score (nSPS) is 15.1. The van der Waals surface area contributed by atoms with Gasteiger partial charge >= 0.3 is 18.0 Å². The Kier molecular flexibility index (Phi) is 8.66. The highest BCUT2D eigenvalue weighted by atomic mass is 35.5. The van der Waals surface area contributed by atoms with Crippen molar-refractivity contribution in [1.82, 2.24) is 10.2 Å². The molecule has 1 heterocycles. The van der Waals surface area contributed by atoms with E-state index in [9.17, 15) is 14.4 Å². The smallest absolute Gasteiger partial charge is 0.338 e. The summed E-state index contributed by atoms with van der Waals surface area (Å²) in [5.74, 6) is -0.519. The van der Waals surface area contributed by atoms with Crippen LogP contribution in [0.2, 0.25) is 5.02 Å². The minimum atomic E-state index is -0.789. The van der Waals surface area contributed by atoms with E-state index in [2.05, 4.69) is 16.0 Å². The van der Waals surface area contributed by atoms with E-state index in [0.29, 0.717) is 46.2 Å². The maximum absolute atomic E-state index is 13.4. The molecule has 0 aromatic heterocycles. The van der Waals surface area contributed by atoms with E-state index in [1.54, 1.807) is 60.4 Å². The third-order valence-electron chi connectivity index (χ3n) is 5.88. The highest BCUT2D eigenvalue weighted by Crippen LogP contribution is 2.37. The van der Waals surface area contributed by atoms with Crippen LogP contribution in [0.5, 0.6) is 0 Å². The monoisotopic (exact) mass is 532 g/mol. The van der Waals surface area contributed by atoms with Gasteiger partial charge < -0.3 is 20.7 Å². The summed E-state index contributed by atoms with van der Waals surface area (Å²) in [7, 11) is 0. The minimum Gasteiger partial charge on any atom is -0.463 e. The number of urea groups is 2. The van der Waals surface area contributed by atoms with Gasteiger partial charge in [0.25, 0.3) is 0 Å². The maximum atomic E-state index is 13.4. The SMILES string of the molecule is CCCN1C(=O)NC(c2cccc(NC(=O)Nc3cccc(Cl)c3)c2)C(C(=O)OCC)=C1c1ccccc1. The molecule has 8 nitrogen and oxygen atoms in total. The second-order valence-electron chi connectivity index (χ2n) is 8.60. The zero-order chi connectivity index (χ0) is 27.1. The molecule has 3 aromatic carbocycles. The van der Waals surface area contributed by atoms with Crippen molar-refractivity contribution in [3.63, 3.8) is 0 Å². The quantitative estimate of drug-likeness (QED) is 0.291. The molecule has 4 rings (SSSR count). The molecule has 9 heteroatoms. The molecule has 0 fully saturated rings. The van der Waals surface area contributed by atoms with Gasteiger partial charge in [0.15, 0.2) is 0 Å². The number of anilines is 2. The Hall–Kier alpha value is -4.30. The second kappa shape index (κ2) is 12.3. The molecule has 0 spiro atoms. The third kappa shape index (κ3) is 6.15. The number of benzene rings is 3. The fraction of sp³-hybridized carbons (Fsp3) is 0.207. The number of nitrogens with one attached hydrogen (secondary N) is 3. The fourth-order valence-electron chi connectivity index (χ4n) is 4.33. The molecule has 1 aliphatic heterocycles. The number of esters is 1. The van der Waals surface area contributed by atoms with Crippen LogP contribution < -0.4 is 16.0 Å². The van der Waals surface area contributed by atoms with Gasteiger partial charge in [-0.25, -0.2) is 14.4 Å². The average Bonchev–Trinajstić information content (AvgIpc) is 2.90. The molecule has 1 atom stereocenters. The van der Waals surface area contributed by atoms with E-state index >= 15 is 0 Å². The van der Waals surface area contributed by atoms with Crippen molar-refractivity contribution in [3.05, 3.63) is 101 Å². The first-order chi connectivity index (χ1) is 18.4. The second-order valence-corrected chi connectivity index (χ2v) is 9.03. The van der Waals surface area contributed by atoms with Crippen molar-refractivity contribution in [1.29, 1.82) is 0 Å². The van der Waals surface area contributed by atoms with Crippen LogP contribution in [-0.4, -0.2) is 36.1 Å². The number of amides is 4. The maximum Gasteiger partial charge on any atom is 0.338 e. The molecule has 0 aliphatic carbocycles. The Bertz CT molecular complexity index is 1360. The largest absolute Gasteiger partial charge is 0.463 e. The van der Waals surface area contributed by atoms with E-state index < -0.39 is 18.0 Å². The van der Waals surface area contributed by atoms with Crippen LogP contribution in [0.3, 0.4) is 0 Å². The first kappa shape index (κ1) is 26.8. The third-order valence-corrected chi connectivity index (χ3v) is 6.11. The minimum absolute atomic E-state index is 0.185. The van der Waals surface area contributed by atoms with Crippen molar-refractivity contribution in [2.24, 2.45) is 0 Å². The topological polar surface area (TPSA) is 99.8 Å². The first-order valence-electron chi connectivity index (χ1n) is 12.4. The number of hydrogen-bond acceptors (Lipinski definition) is 4. The van der Waals surface area contributed by atoms with E-state index in [1.165, 1.54) is 0 Å². The lowest BCUT2D eigenvalue weighted by Gasteiger charge is -2.37. The Morgan fingerprint density at radius 2 is 1.63 bits per heavy atom. The van der Waals surface area contributed by atoms with Gasteiger partial charge in [0.2, 0.25) is 0 Å². The number of carbonyl (C=O) groups is 3. The molecule has 196 valence electrons. The summed E-state index contributed by atoms with van der Waals surface area (Å²) in [5.41, 5.74) is 3.22. The van der Waals surface area contributed by atoms with Gasteiger partial charge in [-0.1, -0.05) is 67.1 Å². The van der Waals surface area contributed by atoms with Gasteiger partial charge in [0, 0.05) is 22.9 Å². The molecular formula is C29H29ClN4O4. The highest BCUT2D eigenvalue weighted by molar-refractivity contribution is 6.30. The molecule has 38 heavy (non-hydrogen) atoms. The van der Waals surface area contributed by atoms with Crippen LogP contribution in [0.25, 0.3) is 5.70 Å². The van der Waals surface area contributed by atoms with Gasteiger partial charge in [-0.15, -0.1) is 0 Å². The first-order valence-corrected chi connectivity index (χ1v) is 12.8. The van der Waals surface area contributed by atoms with Crippen molar-refractivity contribution in [2.75, 3.05) is 23.8 Å². The molecule has 1 aliphatic rings.